The first-order chi connectivity index (χ1) is 10.5. The maximum absolute atomic E-state index is 12.3. The molecule has 112 valence electrons. The number of nitriles is 1. The minimum Gasteiger partial charge on any atom is -0.481 e. The van der Waals surface area contributed by atoms with E-state index < -0.39 is 17.3 Å². The third kappa shape index (κ3) is 2.48. The maximum atomic E-state index is 12.3. The second-order valence-corrected chi connectivity index (χ2v) is 5.67. The topological polar surface area (TPSA) is 61.1 Å². The lowest BCUT2D eigenvalue weighted by molar-refractivity contribution is -0.146. The van der Waals surface area contributed by atoms with Crippen LogP contribution < -0.4 is 0 Å². The molecule has 0 spiro atoms. The number of benzene rings is 2. The third-order valence-corrected chi connectivity index (χ3v) is 4.23. The molecule has 2 aromatic carbocycles. The average molecular weight is 293 g/mol. The number of rotatable bonds is 5. The van der Waals surface area contributed by atoms with Crippen LogP contribution in [0.5, 0.6) is 0 Å². The summed E-state index contributed by atoms with van der Waals surface area (Å²) in [5, 5.41) is 19.8. The van der Waals surface area contributed by atoms with Gasteiger partial charge in [-0.05, 0) is 17.0 Å². The predicted molar refractivity (Wildman–Crippen MR) is 85.4 cm³/mol. The molecule has 2 rings (SSSR count). The van der Waals surface area contributed by atoms with Gasteiger partial charge in [-0.15, -0.1) is 0 Å². The van der Waals surface area contributed by atoms with Crippen LogP contribution in [0, 0.1) is 17.2 Å². The lowest BCUT2D eigenvalue weighted by atomic mass is 9.62. The predicted octanol–water partition coefficient (Wildman–Crippen LogP) is 3.97. The Balaban J connectivity index is 2.73. The van der Waals surface area contributed by atoms with Gasteiger partial charge >= 0.3 is 5.97 Å². The van der Waals surface area contributed by atoms with E-state index in [-0.39, 0.29) is 5.92 Å². The summed E-state index contributed by atoms with van der Waals surface area (Å²) in [4.78, 5) is 12.3. The molecule has 3 heteroatoms. The van der Waals surface area contributed by atoms with Gasteiger partial charge in [-0.25, -0.2) is 0 Å². The number of hydrogen-bond donors (Lipinski definition) is 1. The van der Waals surface area contributed by atoms with Gasteiger partial charge in [-0.1, -0.05) is 74.5 Å². The van der Waals surface area contributed by atoms with Crippen LogP contribution in [0.4, 0.5) is 0 Å². The number of carbonyl (C=O) groups is 1. The summed E-state index contributed by atoms with van der Waals surface area (Å²) in [6.07, 6.45) is 0. The molecule has 0 aliphatic carbocycles. The van der Waals surface area contributed by atoms with Crippen LogP contribution >= 0.6 is 0 Å². The first-order valence-electron chi connectivity index (χ1n) is 7.28. The van der Waals surface area contributed by atoms with Crippen LogP contribution in [0.3, 0.4) is 0 Å². The molecule has 0 amide bonds. The summed E-state index contributed by atoms with van der Waals surface area (Å²) < 4.78 is 0. The summed E-state index contributed by atoms with van der Waals surface area (Å²) in [5.74, 6) is -1.96. The summed E-state index contributed by atoms with van der Waals surface area (Å²) in [6.45, 7) is 3.71. The van der Waals surface area contributed by atoms with Gasteiger partial charge in [0.05, 0.1) is 12.0 Å². The Kier molecular flexibility index (Phi) is 4.62. The van der Waals surface area contributed by atoms with Gasteiger partial charge in [0.2, 0.25) is 0 Å². The zero-order valence-electron chi connectivity index (χ0n) is 12.7. The van der Waals surface area contributed by atoms with Crippen LogP contribution in [-0.4, -0.2) is 11.1 Å². The van der Waals surface area contributed by atoms with Crippen molar-refractivity contribution in [3.05, 3.63) is 71.8 Å². The molecular formula is C19H19NO2. The molecule has 0 aliphatic heterocycles. The third-order valence-electron chi connectivity index (χ3n) is 4.23. The molecule has 0 radical (unpaired) electrons. The number of hydrogen-bond acceptors (Lipinski definition) is 2. The number of aliphatic carboxylic acids is 1. The van der Waals surface area contributed by atoms with Gasteiger partial charge in [0.25, 0.3) is 0 Å². The summed E-state index contributed by atoms with van der Waals surface area (Å²) in [5.41, 5.74) is 0.107. The van der Waals surface area contributed by atoms with Crippen LogP contribution in [0.2, 0.25) is 0 Å². The number of nitrogens with zero attached hydrogens (tertiary/aromatic N) is 1. The molecular weight excluding hydrogens is 274 g/mol. The quantitative estimate of drug-likeness (QED) is 0.907. The van der Waals surface area contributed by atoms with E-state index in [2.05, 4.69) is 6.07 Å². The molecule has 0 aromatic heterocycles. The van der Waals surface area contributed by atoms with Crippen molar-refractivity contribution < 1.29 is 9.90 Å². The summed E-state index contributed by atoms with van der Waals surface area (Å²) in [7, 11) is 0. The van der Waals surface area contributed by atoms with Crippen LogP contribution in [0.1, 0.15) is 30.9 Å². The Labute approximate surface area is 130 Å². The molecule has 22 heavy (non-hydrogen) atoms. The van der Waals surface area contributed by atoms with Crippen molar-refractivity contribution >= 4 is 5.97 Å². The summed E-state index contributed by atoms with van der Waals surface area (Å²) >= 11 is 0. The fourth-order valence-corrected chi connectivity index (χ4v) is 3.13. The average Bonchev–Trinajstić information content (AvgIpc) is 2.53. The minimum atomic E-state index is -1.28. The van der Waals surface area contributed by atoms with Gasteiger partial charge in [0, 0.05) is 0 Å². The van der Waals surface area contributed by atoms with E-state index >= 15 is 0 Å². The lowest BCUT2D eigenvalue weighted by Crippen LogP contribution is -2.46. The van der Waals surface area contributed by atoms with Gasteiger partial charge < -0.3 is 5.11 Å². The first kappa shape index (κ1) is 15.8. The Bertz CT molecular complexity index is 674. The van der Waals surface area contributed by atoms with E-state index in [0.29, 0.717) is 5.56 Å². The van der Waals surface area contributed by atoms with Crippen LogP contribution in [-0.2, 0) is 10.2 Å². The highest BCUT2D eigenvalue weighted by atomic mass is 16.4. The highest BCUT2D eigenvalue weighted by Gasteiger charge is 2.51. The second-order valence-electron chi connectivity index (χ2n) is 5.67. The molecule has 1 N–H and O–H groups in total. The molecule has 0 fully saturated rings. The molecule has 2 aromatic rings. The van der Waals surface area contributed by atoms with Gasteiger partial charge in [0.15, 0.2) is 0 Å². The smallest absolute Gasteiger partial charge is 0.316 e. The van der Waals surface area contributed by atoms with Gasteiger partial charge in [-0.3, -0.25) is 4.79 Å². The standard InChI is InChI=1S/C19H19NO2/c1-14(2)19(18(21)22,16-11-7-4-8-12-16)17(13-20)15-9-5-3-6-10-15/h3-12,14,17H,1-2H3,(H,21,22)/t17-,19+/m0/s1. The minimum absolute atomic E-state index is 0.239. The van der Waals surface area contributed by atoms with Gasteiger partial charge in [0.1, 0.15) is 5.41 Å². The SMILES string of the molecule is CC(C)[C@@](C(=O)O)(c1ccccc1)[C@@H](C#N)c1ccccc1. The highest BCUT2D eigenvalue weighted by Crippen LogP contribution is 2.45. The van der Waals surface area contributed by atoms with Crippen molar-refractivity contribution in [1.82, 2.24) is 0 Å². The lowest BCUT2D eigenvalue weighted by Gasteiger charge is -2.38. The second kappa shape index (κ2) is 6.44. The van der Waals surface area contributed by atoms with Crippen molar-refractivity contribution in [3.63, 3.8) is 0 Å². The molecule has 0 aliphatic rings. The van der Waals surface area contributed by atoms with Crippen LogP contribution in [0.15, 0.2) is 60.7 Å². The van der Waals surface area contributed by atoms with Crippen LogP contribution in [0.25, 0.3) is 0 Å². The highest BCUT2D eigenvalue weighted by molar-refractivity contribution is 5.84. The van der Waals surface area contributed by atoms with Crippen molar-refractivity contribution in [2.75, 3.05) is 0 Å². The monoisotopic (exact) mass is 293 g/mol. The molecule has 2 atom stereocenters. The van der Waals surface area contributed by atoms with Crippen molar-refractivity contribution in [2.45, 2.75) is 25.2 Å². The molecule has 3 nitrogen and oxygen atoms in total. The molecule has 0 bridgehead atoms. The van der Waals surface area contributed by atoms with Crippen molar-refractivity contribution in [3.8, 4) is 6.07 Å². The zero-order valence-corrected chi connectivity index (χ0v) is 12.7. The van der Waals surface area contributed by atoms with E-state index in [1.807, 2.05) is 62.4 Å². The summed E-state index contributed by atoms with van der Waals surface area (Å²) in [6, 6.07) is 20.5. The van der Waals surface area contributed by atoms with E-state index in [0.717, 1.165) is 5.56 Å². The zero-order chi connectivity index (χ0) is 16.2. The number of carboxylic acids is 1. The maximum Gasteiger partial charge on any atom is 0.316 e. The van der Waals surface area contributed by atoms with Gasteiger partial charge in [-0.2, -0.15) is 5.26 Å². The first-order valence-corrected chi connectivity index (χ1v) is 7.28. The molecule has 0 saturated heterocycles. The number of carboxylic acid groups (broad SMARTS) is 1. The molecule has 0 unspecified atom stereocenters. The van der Waals surface area contributed by atoms with E-state index in [9.17, 15) is 15.2 Å². The normalized spacial score (nSPS) is 14.8. The van der Waals surface area contributed by atoms with Crippen molar-refractivity contribution in [1.29, 1.82) is 5.26 Å². The molecule has 0 heterocycles. The Morgan fingerprint density at radius 3 is 1.95 bits per heavy atom. The van der Waals surface area contributed by atoms with E-state index in [1.165, 1.54) is 0 Å². The Hall–Kier alpha value is -2.60. The Morgan fingerprint density at radius 2 is 1.55 bits per heavy atom. The molecule has 0 saturated carbocycles. The fraction of sp³-hybridized carbons (Fsp3) is 0.263. The van der Waals surface area contributed by atoms with Crippen molar-refractivity contribution in [2.24, 2.45) is 5.92 Å². The Morgan fingerprint density at radius 1 is 1.05 bits per heavy atom. The van der Waals surface area contributed by atoms with E-state index in [4.69, 9.17) is 0 Å². The van der Waals surface area contributed by atoms with E-state index in [1.54, 1.807) is 12.1 Å². The fourth-order valence-electron chi connectivity index (χ4n) is 3.13. The largest absolute Gasteiger partial charge is 0.481 e.